The Balaban J connectivity index is 1.68. The molecule has 0 aromatic rings. The van der Waals surface area contributed by atoms with E-state index in [1.165, 1.54) is 6.92 Å². The van der Waals surface area contributed by atoms with Crippen molar-refractivity contribution < 1.29 is 78.9 Å². The highest BCUT2D eigenvalue weighted by Gasteiger charge is 2.58. The molecule has 4 rings (SSSR count). The summed E-state index contributed by atoms with van der Waals surface area (Å²) in [7, 11) is 0. The Bertz CT molecular complexity index is 1040. The number of hydrogen-bond donors (Lipinski definition) is 10. The second-order valence-electron chi connectivity index (χ2n) is 10.9. The van der Waals surface area contributed by atoms with Crippen LogP contribution in [0.25, 0.3) is 0 Å². The van der Waals surface area contributed by atoms with Gasteiger partial charge in [-0.1, -0.05) is 11.8 Å². The Morgan fingerprint density at radius 3 is 1.95 bits per heavy atom. The van der Waals surface area contributed by atoms with Crippen LogP contribution in [0, 0.1) is 0 Å². The van der Waals surface area contributed by atoms with Gasteiger partial charge in [0, 0.05) is 13.3 Å². The predicted octanol–water partition coefficient (Wildman–Crippen LogP) is -7.23. The first kappa shape index (κ1) is 35.4. The van der Waals surface area contributed by atoms with Crippen molar-refractivity contribution in [3.05, 3.63) is 0 Å². The maximum absolute atomic E-state index is 13.4. The maximum atomic E-state index is 13.4. The van der Waals surface area contributed by atoms with Crippen LogP contribution < -0.4 is 11.5 Å². The Kier molecular flexibility index (Phi) is 11.7. The molecule has 4 aliphatic rings. The molecule has 19 nitrogen and oxygen atoms in total. The van der Waals surface area contributed by atoms with E-state index < -0.39 is 140 Å². The van der Waals surface area contributed by atoms with Crippen LogP contribution in [0.5, 0.6) is 0 Å². The van der Waals surface area contributed by atoms with Crippen LogP contribution in [0.15, 0.2) is 0 Å². The van der Waals surface area contributed by atoms with Crippen molar-refractivity contribution in [3.8, 4) is 0 Å². The average Bonchev–Trinajstić information content (AvgIpc) is 3.25. The number of amides is 2. The lowest BCUT2D eigenvalue weighted by atomic mass is 9.93. The normalized spacial score (nSPS) is 46.8. The topological polar surface area (TPSA) is 314 Å². The molecule has 4 aliphatic heterocycles. The minimum absolute atomic E-state index is 0.432. The van der Waals surface area contributed by atoms with Gasteiger partial charge in [-0.3, -0.25) is 19.3 Å². The van der Waals surface area contributed by atoms with Gasteiger partial charge in [-0.15, -0.1) is 0 Å². The summed E-state index contributed by atoms with van der Waals surface area (Å²) >= 11 is 0.588. The zero-order valence-electron chi connectivity index (χ0n) is 23.4. The highest BCUT2D eigenvalue weighted by atomic mass is 32.2. The molecule has 0 aromatic carbocycles. The molecule has 3 unspecified atom stereocenters. The van der Waals surface area contributed by atoms with Crippen LogP contribution in [0.1, 0.15) is 13.3 Å². The van der Waals surface area contributed by atoms with Gasteiger partial charge >= 0.3 is 0 Å². The first-order chi connectivity index (χ1) is 20.7. The van der Waals surface area contributed by atoms with Gasteiger partial charge in [-0.25, -0.2) is 0 Å². The Morgan fingerprint density at radius 1 is 0.818 bits per heavy atom. The van der Waals surface area contributed by atoms with Crippen LogP contribution in [0.3, 0.4) is 0 Å². The van der Waals surface area contributed by atoms with Gasteiger partial charge in [0.2, 0.25) is 11.8 Å². The van der Waals surface area contributed by atoms with Crippen molar-refractivity contribution in [2.45, 2.75) is 111 Å². The third-order valence-electron chi connectivity index (χ3n) is 8.00. The van der Waals surface area contributed by atoms with E-state index in [0.717, 1.165) is 0 Å². The van der Waals surface area contributed by atoms with E-state index in [9.17, 15) is 55.2 Å². The minimum atomic E-state index is -1.96. The molecule has 4 saturated heterocycles. The summed E-state index contributed by atoms with van der Waals surface area (Å²) in [6, 6.07) is -4.65. The summed E-state index contributed by atoms with van der Waals surface area (Å²) in [5.41, 5.74) is 11.8. The number of imide groups is 1. The molecule has 0 saturated carbocycles. The highest BCUT2D eigenvalue weighted by molar-refractivity contribution is 8.14. The molecule has 44 heavy (non-hydrogen) atoms. The lowest BCUT2D eigenvalue weighted by Gasteiger charge is -2.50. The number of ether oxygens (including phenoxy) is 5. The lowest BCUT2D eigenvalue weighted by Crippen LogP contribution is -2.70. The van der Waals surface area contributed by atoms with Crippen LogP contribution in [-0.4, -0.2) is 180 Å². The fourth-order valence-corrected chi connectivity index (χ4v) is 6.48. The van der Waals surface area contributed by atoms with Gasteiger partial charge < -0.3 is 76.0 Å². The fraction of sp³-hybridized carbons (Fsp3) is 0.875. The lowest BCUT2D eigenvalue weighted by molar-refractivity contribution is -0.355. The summed E-state index contributed by atoms with van der Waals surface area (Å²) < 4.78 is 28.2. The number of rotatable bonds is 9. The number of nitrogens with two attached hydrogens (primary N) is 2. The van der Waals surface area contributed by atoms with Gasteiger partial charge in [-0.2, -0.15) is 0 Å². The van der Waals surface area contributed by atoms with E-state index in [1.807, 2.05) is 0 Å². The average molecular weight is 658 g/mol. The molecule has 0 aromatic heterocycles. The Labute approximate surface area is 254 Å². The van der Waals surface area contributed by atoms with Crippen molar-refractivity contribution in [2.75, 3.05) is 19.8 Å². The maximum Gasteiger partial charge on any atom is 0.243 e. The summed E-state index contributed by atoms with van der Waals surface area (Å²) in [5, 5.41) is 80.8. The summed E-state index contributed by atoms with van der Waals surface area (Å²) in [5.74, 6) is -1.74. The quantitative estimate of drug-likeness (QED) is 0.103. The number of likely N-dealkylation sites (tertiary alicyclic amines) is 1. The van der Waals surface area contributed by atoms with E-state index in [1.54, 1.807) is 0 Å². The molecular weight excluding hydrogens is 618 g/mol. The zero-order chi connectivity index (χ0) is 32.6. The standard InChI is InChI=1S/C24H39N3O16S/c1-6(31)44-10-2-11(32)27(21(10)37)14-18(36)20(42-23-13(26)16(34)15(33)7(3-28)40-23)9(5-30)41-24(14)43-19-8(4-29)39-22(38)12(25)17(19)35/h7-10,12-20,22-24,28-30,33-36,38H,2-5,25-26H2,1H3/t7-,8-,9-,10?,12-,13-,14-,15-,16-,17-,18-,19?,20?,22-,23+,24+/m1/s1. The second kappa shape index (κ2) is 14.5. The van der Waals surface area contributed by atoms with Gasteiger partial charge in [0.25, 0.3) is 0 Å². The van der Waals surface area contributed by atoms with E-state index >= 15 is 0 Å². The van der Waals surface area contributed by atoms with E-state index in [-0.39, 0.29) is 0 Å². The van der Waals surface area contributed by atoms with Crippen molar-refractivity contribution in [1.82, 2.24) is 4.90 Å². The number of hydrogen-bond acceptors (Lipinski definition) is 19. The molecule has 4 fully saturated rings. The van der Waals surface area contributed by atoms with Gasteiger partial charge in [0.05, 0.1) is 31.9 Å². The molecule has 4 heterocycles. The third kappa shape index (κ3) is 6.81. The summed E-state index contributed by atoms with van der Waals surface area (Å²) in [6.07, 6.45) is -19.9. The van der Waals surface area contributed by atoms with Crippen molar-refractivity contribution >= 4 is 28.7 Å². The van der Waals surface area contributed by atoms with Crippen molar-refractivity contribution in [3.63, 3.8) is 0 Å². The minimum Gasteiger partial charge on any atom is -0.394 e. The molecule has 0 spiro atoms. The summed E-state index contributed by atoms with van der Waals surface area (Å²) in [4.78, 5) is 38.9. The van der Waals surface area contributed by atoms with Crippen LogP contribution in [-0.2, 0) is 38.1 Å². The molecule has 12 N–H and O–H groups in total. The van der Waals surface area contributed by atoms with Gasteiger partial charge in [0.15, 0.2) is 24.0 Å². The van der Waals surface area contributed by atoms with Gasteiger partial charge in [-0.05, 0) is 0 Å². The van der Waals surface area contributed by atoms with E-state index in [4.69, 9.17) is 35.2 Å². The number of nitrogens with zero attached hydrogens (tertiary/aromatic N) is 1. The second-order valence-corrected chi connectivity index (χ2v) is 12.3. The van der Waals surface area contributed by atoms with Crippen LogP contribution >= 0.6 is 11.8 Å². The van der Waals surface area contributed by atoms with Crippen molar-refractivity contribution in [1.29, 1.82) is 0 Å². The highest BCUT2D eigenvalue weighted by Crippen LogP contribution is 2.37. The molecule has 16 atom stereocenters. The van der Waals surface area contributed by atoms with Crippen molar-refractivity contribution in [2.24, 2.45) is 11.5 Å². The number of carbonyl (C=O) groups is 3. The first-order valence-electron chi connectivity index (χ1n) is 13.8. The fourth-order valence-electron chi connectivity index (χ4n) is 5.64. The van der Waals surface area contributed by atoms with Crippen LogP contribution in [0.4, 0.5) is 0 Å². The first-order valence-corrected chi connectivity index (χ1v) is 14.7. The van der Waals surface area contributed by atoms with Gasteiger partial charge in [0.1, 0.15) is 66.2 Å². The molecule has 0 aliphatic carbocycles. The zero-order valence-corrected chi connectivity index (χ0v) is 24.2. The number of aliphatic hydroxyl groups excluding tert-OH is 8. The predicted molar refractivity (Wildman–Crippen MR) is 142 cm³/mol. The number of thioether (sulfide) groups is 1. The molecule has 20 heteroatoms. The molecule has 252 valence electrons. The number of aliphatic hydroxyl groups is 8. The SMILES string of the molecule is CC(=O)SC1CC(=O)N([C@H]2[C@H](OC3[C@@H](CO)O[C@@H](O)[C@H](N)[C@H]3O)O[C@H](CO)C(O[C@@H]3O[C@H](CO)[C@@H](O)[C@H](O)[C@H]3N)[C@@H]2O)C1=O. The van der Waals surface area contributed by atoms with Crippen LogP contribution in [0.2, 0.25) is 0 Å². The molecule has 2 amide bonds. The molecular formula is C24H39N3O16S. The van der Waals surface area contributed by atoms with E-state index in [2.05, 4.69) is 0 Å². The number of carbonyl (C=O) groups excluding carboxylic acids is 3. The smallest absolute Gasteiger partial charge is 0.243 e. The third-order valence-corrected chi connectivity index (χ3v) is 8.98. The Hall–Kier alpha value is -1.44. The largest absolute Gasteiger partial charge is 0.394 e. The van der Waals surface area contributed by atoms with E-state index in [0.29, 0.717) is 16.7 Å². The monoisotopic (exact) mass is 657 g/mol. The molecule has 0 radical (unpaired) electrons. The Morgan fingerprint density at radius 2 is 1.36 bits per heavy atom. The molecule has 0 bridgehead atoms. The summed E-state index contributed by atoms with van der Waals surface area (Å²) in [6.45, 7) is -1.23.